The van der Waals surface area contributed by atoms with Crippen LogP contribution in [0.4, 0.5) is 4.79 Å². The van der Waals surface area contributed by atoms with Crippen LogP contribution in [0.25, 0.3) is 0 Å². The number of benzene rings is 3. The minimum Gasteiger partial charge on any atom is -0.481 e. The van der Waals surface area contributed by atoms with Crippen molar-refractivity contribution >= 4 is 23.8 Å². The van der Waals surface area contributed by atoms with Gasteiger partial charge in [-0.2, -0.15) is 5.01 Å². The van der Waals surface area contributed by atoms with Gasteiger partial charge in [-0.15, -0.1) is 6.42 Å². The van der Waals surface area contributed by atoms with Crippen molar-refractivity contribution in [2.75, 3.05) is 26.2 Å². The molecule has 0 saturated carbocycles. The Kier molecular flexibility index (Phi) is 9.57. The average molecular weight is 594 g/mol. The number of hydrogen-bond acceptors (Lipinski definition) is 5. The maximum Gasteiger partial charge on any atom is 0.334 e. The van der Waals surface area contributed by atoms with Gasteiger partial charge >= 0.3 is 12.0 Å². The van der Waals surface area contributed by atoms with Crippen LogP contribution in [-0.4, -0.2) is 87.1 Å². The highest BCUT2D eigenvalue weighted by molar-refractivity contribution is 5.92. The second kappa shape index (κ2) is 13.9. The third-order valence-electron chi connectivity index (χ3n) is 8.04. The second-order valence-corrected chi connectivity index (χ2v) is 10.9. The Morgan fingerprint density at radius 2 is 1.52 bits per heavy atom. The molecule has 226 valence electrons. The summed E-state index contributed by atoms with van der Waals surface area (Å²) >= 11 is 0. The van der Waals surface area contributed by atoms with E-state index in [1.165, 1.54) is 14.9 Å². The van der Waals surface area contributed by atoms with Gasteiger partial charge in [0.2, 0.25) is 11.8 Å². The summed E-state index contributed by atoms with van der Waals surface area (Å²) < 4.78 is 0. The predicted octanol–water partition coefficient (Wildman–Crippen LogP) is 3.12. The zero-order valence-corrected chi connectivity index (χ0v) is 24.3. The fourth-order valence-electron chi connectivity index (χ4n) is 5.99. The largest absolute Gasteiger partial charge is 0.481 e. The van der Waals surface area contributed by atoms with E-state index in [-0.39, 0.29) is 63.3 Å². The van der Waals surface area contributed by atoms with Gasteiger partial charge in [-0.3, -0.25) is 14.4 Å². The molecule has 0 unspecified atom stereocenters. The average Bonchev–Trinajstić information content (AvgIpc) is 3.04. The molecule has 0 radical (unpaired) electrons. The number of rotatable bonds is 10. The minimum absolute atomic E-state index is 0.000762. The highest BCUT2D eigenvalue weighted by atomic mass is 16.4. The molecular weight excluding hydrogens is 558 g/mol. The summed E-state index contributed by atoms with van der Waals surface area (Å²) in [6.07, 6.45) is 4.37. The molecule has 2 N–H and O–H groups in total. The third kappa shape index (κ3) is 6.74. The molecule has 2 atom stereocenters. The smallest absolute Gasteiger partial charge is 0.334 e. The Bertz CT molecular complexity index is 1470. The van der Waals surface area contributed by atoms with Crippen molar-refractivity contribution in [1.29, 1.82) is 0 Å². The summed E-state index contributed by atoms with van der Waals surface area (Å²) in [4.78, 5) is 56.1. The van der Waals surface area contributed by atoms with Crippen molar-refractivity contribution in [2.24, 2.45) is 0 Å². The summed E-state index contributed by atoms with van der Waals surface area (Å²) in [7, 11) is 0. The van der Waals surface area contributed by atoms with Crippen LogP contribution in [0.5, 0.6) is 0 Å². The van der Waals surface area contributed by atoms with E-state index in [0.29, 0.717) is 0 Å². The molecule has 2 aliphatic heterocycles. The Morgan fingerprint density at radius 3 is 2.09 bits per heavy atom. The Labute approximate surface area is 256 Å². The van der Waals surface area contributed by atoms with Crippen LogP contribution in [0.2, 0.25) is 0 Å². The van der Waals surface area contributed by atoms with E-state index < -0.39 is 24.2 Å². The van der Waals surface area contributed by atoms with Crippen molar-refractivity contribution in [1.82, 2.24) is 25.1 Å². The van der Waals surface area contributed by atoms with Crippen molar-refractivity contribution in [3.8, 4) is 12.3 Å². The van der Waals surface area contributed by atoms with Gasteiger partial charge in [-0.05, 0) is 23.1 Å². The monoisotopic (exact) mass is 593 g/mol. The number of amides is 4. The van der Waals surface area contributed by atoms with E-state index in [9.17, 15) is 24.3 Å². The zero-order chi connectivity index (χ0) is 31.1. The van der Waals surface area contributed by atoms with Crippen LogP contribution in [0.3, 0.4) is 0 Å². The summed E-state index contributed by atoms with van der Waals surface area (Å²) in [6, 6.07) is 27.5. The van der Waals surface area contributed by atoms with E-state index in [1.807, 2.05) is 91.0 Å². The first-order valence-corrected chi connectivity index (χ1v) is 14.6. The van der Waals surface area contributed by atoms with Crippen LogP contribution in [0.1, 0.15) is 35.4 Å². The Hall–Kier alpha value is -5.14. The number of hydrazine groups is 1. The molecule has 3 aromatic carbocycles. The first-order chi connectivity index (χ1) is 21.4. The van der Waals surface area contributed by atoms with Gasteiger partial charge in [-0.1, -0.05) is 96.9 Å². The van der Waals surface area contributed by atoms with Crippen LogP contribution < -0.4 is 5.32 Å². The number of nitrogens with one attached hydrogen (secondary N) is 1. The van der Waals surface area contributed by atoms with Gasteiger partial charge < -0.3 is 20.2 Å². The minimum atomic E-state index is -1.08. The lowest BCUT2D eigenvalue weighted by molar-refractivity contribution is -0.189. The number of hydrogen-bond donors (Lipinski definition) is 2. The zero-order valence-electron chi connectivity index (χ0n) is 24.3. The van der Waals surface area contributed by atoms with Gasteiger partial charge in [-0.25, -0.2) is 9.80 Å². The SMILES string of the molecule is C#CCN1CC(=O)N2[C@@H](CCC(=O)O)C(=O)N(CC(c3ccccc3)c3ccccc3)C[C@@H]2N1C(=O)NCc1ccccc1. The van der Waals surface area contributed by atoms with Gasteiger partial charge in [0.15, 0.2) is 0 Å². The van der Waals surface area contributed by atoms with Gasteiger partial charge in [0.1, 0.15) is 12.2 Å². The van der Waals surface area contributed by atoms with E-state index >= 15 is 0 Å². The molecule has 10 heteroatoms. The van der Waals surface area contributed by atoms with E-state index in [0.717, 1.165) is 16.7 Å². The molecule has 0 aliphatic carbocycles. The fraction of sp³-hybridized carbons (Fsp3) is 0.294. The number of carbonyl (C=O) groups is 4. The van der Waals surface area contributed by atoms with Crippen molar-refractivity contribution in [2.45, 2.75) is 37.5 Å². The van der Waals surface area contributed by atoms with Gasteiger partial charge in [0.25, 0.3) is 0 Å². The molecule has 2 fully saturated rings. The Morgan fingerprint density at radius 1 is 0.932 bits per heavy atom. The molecular formula is C34H35N5O5. The van der Waals surface area contributed by atoms with E-state index in [2.05, 4.69) is 11.2 Å². The first-order valence-electron chi connectivity index (χ1n) is 14.6. The van der Waals surface area contributed by atoms with Crippen molar-refractivity contribution in [3.63, 3.8) is 0 Å². The predicted molar refractivity (Wildman–Crippen MR) is 164 cm³/mol. The highest BCUT2D eigenvalue weighted by Gasteiger charge is 2.51. The number of carboxylic acids is 1. The molecule has 10 nitrogen and oxygen atoms in total. The van der Waals surface area contributed by atoms with Gasteiger partial charge in [0.05, 0.1) is 19.6 Å². The summed E-state index contributed by atoms with van der Waals surface area (Å²) in [6.45, 7) is 0.329. The maximum absolute atomic E-state index is 14.1. The molecule has 3 aromatic rings. The topological polar surface area (TPSA) is 114 Å². The van der Waals surface area contributed by atoms with Crippen LogP contribution in [-0.2, 0) is 20.9 Å². The summed E-state index contributed by atoms with van der Waals surface area (Å²) in [5, 5.41) is 15.4. The first kappa shape index (κ1) is 30.3. The molecule has 4 amide bonds. The molecule has 0 bridgehead atoms. The van der Waals surface area contributed by atoms with Gasteiger partial charge in [0, 0.05) is 25.4 Å². The summed E-state index contributed by atoms with van der Waals surface area (Å²) in [5.41, 5.74) is 2.90. The number of fused-ring (bicyclic) bond motifs is 1. The number of piperazine rings is 1. The number of terminal acetylenes is 1. The molecule has 0 aromatic heterocycles. The van der Waals surface area contributed by atoms with E-state index in [4.69, 9.17) is 6.42 Å². The Balaban J connectivity index is 1.50. The summed E-state index contributed by atoms with van der Waals surface area (Å²) in [5.74, 6) is 0.529. The maximum atomic E-state index is 14.1. The van der Waals surface area contributed by atoms with E-state index in [1.54, 1.807) is 4.90 Å². The number of carbonyl (C=O) groups excluding carboxylic acids is 3. The van der Waals surface area contributed by atoms with Crippen LogP contribution in [0, 0.1) is 12.3 Å². The number of nitrogens with zero attached hydrogens (tertiary/aromatic N) is 4. The molecule has 2 saturated heterocycles. The normalized spacial score (nSPS) is 18.6. The standard InChI is InChI=1S/C34H35N5O5/c1-2-20-37-24-31(40)38-29(18-19-32(41)42)33(43)36(22-28(26-14-8-4-9-15-26)27-16-10-5-11-17-27)23-30(38)39(37)34(44)35-21-25-12-6-3-7-13-25/h1,3-17,28-30H,18-24H2,(H,35,44)(H,41,42)/t29-,30-/m0/s1. The van der Waals surface area contributed by atoms with Crippen LogP contribution >= 0.6 is 0 Å². The molecule has 2 heterocycles. The number of urea groups is 1. The highest BCUT2D eigenvalue weighted by Crippen LogP contribution is 2.32. The third-order valence-corrected chi connectivity index (χ3v) is 8.04. The molecule has 2 aliphatic rings. The molecule has 5 rings (SSSR count). The number of aliphatic carboxylic acids is 1. The second-order valence-electron chi connectivity index (χ2n) is 10.9. The van der Waals surface area contributed by atoms with Crippen LogP contribution in [0.15, 0.2) is 91.0 Å². The fourth-order valence-corrected chi connectivity index (χ4v) is 5.99. The lowest BCUT2D eigenvalue weighted by Crippen LogP contribution is -2.76. The van der Waals surface area contributed by atoms with Crippen molar-refractivity contribution in [3.05, 3.63) is 108 Å². The number of carboxylic acid groups (broad SMARTS) is 1. The van der Waals surface area contributed by atoms with Crippen molar-refractivity contribution < 1.29 is 24.3 Å². The lowest BCUT2D eigenvalue weighted by atomic mass is 9.90. The quantitative estimate of drug-likeness (QED) is 0.350. The lowest BCUT2D eigenvalue weighted by Gasteiger charge is -2.55. The molecule has 44 heavy (non-hydrogen) atoms. The molecule has 0 spiro atoms.